The van der Waals surface area contributed by atoms with Crippen LogP contribution in [0.2, 0.25) is 0 Å². The molecule has 130 valence electrons. The van der Waals surface area contributed by atoms with E-state index in [9.17, 15) is 10.1 Å². The molecule has 0 spiro atoms. The van der Waals surface area contributed by atoms with Gasteiger partial charge in [-0.1, -0.05) is 30.3 Å². The quantitative estimate of drug-likeness (QED) is 0.408. The molecule has 5 nitrogen and oxygen atoms in total. The molecule has 2 heterocycles. The molecule has 6 heteroatoms. The standard InChI is InChI=1S/C21H13N3O2S/c22-11-16(21-24-18(13-27-21)14-4-2-1-3-5-14)12-23-17-7-8-19-15(10-17)6-9-20(25)26-19/h1-10,12-13,23H/b16-12+. The molecule has 0 amide bonds. The second kappa shape index (κ2) is 7.28. The zero-order valence-electron chi connectivity index (χ0n) is 14.0. The first-order valence-electron chi connectivity index (χ1n) is 8.15. The first kappa shape index (κ1) is 16.8. The predicted octanol–water partition coefficient (Wildman–Crippen LogP) is 4.89. The minimum atomic E-state index is -0.382. The summed E-state index contributed by atoms with van der Waals surface area (Å²) >= 11 is 1.42. The average molecular weight is 371 g/mol. The Morgan fingerprint density at radius 1 is 1.15 bits per heavy atom. The molecule has 0 aliphatic heterocycles. The van der Waals surface area contributed by atoms with E-state index in [0.717, 1.165) is 22.3 Å². The summed E-state index contributed by atoms with van der Waals surface area (Å²) in [7, 11) is 0. The largest absolute Gasteiger partial charge is 0.423 e. The fourth-order valence-electron chi connectivity index (χ4n) is 2.60. The number of nitrogens with one attached hydrogen (secondary N) is 1. The Kier molecular flexibility index (Phi) is 4.52. The van der Waals surface area contributed by atoms with Crippen molar-refractivity contribution in [2.75, 3.05) is 5.32 Å². The van der Waals surface area contributed by atoms with E-state index in [0.29, 0.717) is 16.2 Å². The summed E-state index contributed by atoms with van der Waals surface area (Å²) in [5.74, 6) is 0. The summed E-state index contributed by atoms with van der Waals surface area (Å²) < 4.78 is 5.12. The van der Waals surface area contributed by atoms with E-state index >= 15 is 0 Å². The number of hydrogen-bond donors (Lipinski definition) is 1. The normalized spacial score (nSPS) is 11.3. The molecule has 0 saturated carbocycles. The van der Waals surface area contributed by atoms with E-state index in [-0.39, 0.29) is 5.63 Å². The van der Waals surface area contributed by atoms with E-state index in [2.05, 4.69) is 16.4 Å². The minimum Gasteiger partial charge on any atom is -0.423 e. The van der Waals surface area contributed by atoms with E-state index < -0.39 is 0 Å². The summed E-state index contributed by atoms with van der Waals surface area (Å²) in [6, 6.07) is 20.5. The van der Waals surface area contributed by atoms with Gasteiger partial charge in [-0.15, -0.1) is 11.3 Å². The maximum absolute atomic E-state index is 11.2. The summed E-state index contributed by atoms with van der Waals surface area (Å²) in [6.45, 7) is 0. The van der Waals surface area contributed by atoms with Gasteiger partial charge in [0.05, 0.1) is 5.69 Å². The van der Waals surface area contributed by atoms with Crippen molar-refractivity contribution >= 4 is 33.6 Å². The highest BCUT2D eigenvalue weighted by Gasteiger charge is 2.09. The molecule has 0 bridgehead atoms. The maximum atomic E-state index is 11.2. The number of nitrogens with zero attached hydrogens (tertiary/aromatic N) is 2. The summed E-state index contributed by atoms with van der Waals surface area (Å²) in [5.41, 5.74) is 3.22. The summed E-state index contributed by atoms with van der Waals surface area (Å²) in [5, 5.41) is 16.0. The third kappa shape index (κ3) is 3.64. The van der Waals surface area contributed by atoms with Crippen LogP contribution < -0.4 is 10.9 Å². The number of fused-ring (bicyclic) bond motifs is 1. The number of benzene rings is 2. The van der Waals surface area contributed by atoms with Crippen molar-refractivity contribution in [3.63, 3.8) is 0 Å². The van der Waals surface area contributed by atoms with Crippen molar-refractivity contribution in [3.8, 4) is 17.3 Å². The molecule has 0 fully saturated rings. The molecule has 4 aromatic rings. The van der Waals surface area contributed by atoms with Crippen LogP contribution in [0, 0.1) is 11.3 Å². The number of nitriles is 1. The van der Waals surface area contributed by atoms with Crippen LogP contribution in [0.25, 0.3) is 27.8 Å². The topological polar surface area (TPSA) is 78.9 Å². The lowest BCUT2D eigenvalue weighted by Crippen LogP contribution is -1.95. The van der Waals surface area contributed by atoms with Gasteiger partial charge in [0, 0.05) is 34.3 Å². The number of anilines is 1. The summed E-state index contributed by atoms with van der Waals surface area (Å²) in [6.07, 6.45) is 1.63. The summed E-state index contributed by atoms with van der Waals surface area (Å²) in [4.78, 5) is 15.8. The van der Waals surface area contributed by atoms with Gasteiger partial charge in [0.25, 0.3) is 0 Å². The average Bonchev–Trinajstić information content (AvgIpc) is 3.19. The Bertz CT molecular complexity index is 1230. The Labute approximate surface area is 158 Å². The molecule has 0 aliphatic carbocycles. The number of allylic oxidation sites excluding steroid dienone is 1. The highest BCUT2D eigenvalue weighted by atomic mass is 32.1. The Hall–Kier alpha value is -3.69. The van der Waals surface area contributed by atoms with Crippen molar-refractivity contribution < 1.29 is 4.42 Å². The lowest BCUT2D eigenvalue weighted by molar-refractivity contribution is 0.561. The van der Waals surface area contributed by atoms with Crippen molar-refractivity contribution in [2.45, 2.75) is 0 Å². The number of thiazole rings is 1. The molecule has 0 atom stereocenters. The molecule has 4 rings (SSSR count). The second-order valence-corrected chi connectivity index (χ2v) is 6.58. The fraction of sp³-hybridized carbons (Fsp3) is 0. The van der Waals surface area contributed by atoms with Crippen LogP contribution in [0.1, 0.15) is 5.01 Å². The van der Waals surface area contributed by atoms with Crippen molar-refractivity contribution in [3.05, 3.63) is 87.7 Å². The van der Waals surface area contributed by atoms with Crippen LogP contribution in [-0.4, -0.2) is 4.98 Å². The van der Waals surface area contributed by atoms with E-state index in [1.165, 1.54) is 17.4 Å². The van der Waals surface area contributed by atoms with Gasteiger partial charge >= 0.3 is 5.63 Å². The van der Waals surface area contributed by atoms with Crippen LogP contribution >= 0.6 is 11.3 Å². The molecule has 0 unspecified atom stereocenters. The van der Waals surface area contributed by atoms with Gasteiger partial charge in [-0.2, -0.15) is 5.26 Å². The lowest BCUT2D eigenvalue weighted by atomic mass is 10.2. The number of hydrogen-bond acceptors (Lipinski definition) is 6. The first-order chi connectivity index (χ1) is 13.2. The van der Waals surface area contributed by atoms with Crippen molar-refractivity contribution in [1.82, 2.24) is 4.98 Å². The van der Waals surface area contributed by atoms with Gasteiger partial charge in [0.15, 0.2) is 0 Å². The molecule has 2 aromatic carbocycles. The Balaban J connectivity index is 1.59. The SMILES string of the molecule is N#C/C(=C\Nc1ccc2oc(=O)ccc2c1)c1nc(-c2ccccc2)cs1. The van der Waals surface area contributed by atoms with Crippen LogP contribution in [0.4, 0.5) is 5.69 Å². The van der Waals surface area contributed by atoms with Gasteiger partial charge in [-0.3, -0.25) is 0 Å². The van der Waals surface area contributed by atoms with Gasteiger partial charge in [-0.25, -0.2) is 9.78 Å². The zero-order valence-corrected chi connectivity index (χ0v) is 14.9. The van der Waals surface area contributed by atoms with Gasteiger partial charge in [-0.05, 0) is 24.3 Å². The van der Waals surface area contributed by atoms with Crippen molar-refractivity contribution in [2.24, 2.45) is 0 Å². The Morgan fingerprint density at radius 3 is 2.81 bits per heavy atom. The zero-order chi connectivity index (χ0) is 18.6. The van der Waals surface area contributed by atoms with E-state index in [1.54, 1.807) is 24.4 Å². The molecule has 27 heavy (non-hydrogen) atoms. The number of aromatic nitrogens is 1. The maximum Gasteiger partial charge on any atom is 0.336 e. The van der Waals surface area contributed by atoms with Gasteiger partial charge in [0.1, 0.15) is 22.2 Å². The monoisotopic (exact) mass is 371 g/mol. The van der Waals surface area contributed by atoms with Crippen LogP contribution in [0.15, 0.2) is 81.5 Å². The predicted molar refractivity (Wildman–Crippen MR) is 107 cm³/mol. The smallest absolute Gasteiger partial charge is 0.336 e. The van der Waals surface area contributed by atoms with Gasteiger partial charge < -0.3 is 9.73 Å². The molecule has 1 N–H and O–H groups in total. The fourth-order valence-corrected chi connectivity index (χ4v) is 3.39. The molecule has 0 radical (unpaired) electrons. The third-order valence-corrected chi connectivity index (χ3v) is 4.80. The highest BCUT2D eigenvalue weighted by Crippen LogP contribution is 2.26. The van der Waals surface area contributed by atoms with Crippen molar-refractivity contribution in [1.29, 1.82) is 5.26 Å². The molecule has 2 aromatic heterocycles. The molecular weight excluding hydrogens is 358 g/mol. The molecule has 0 saturated heterocycles. The molecular formula is C21H13N3O2S. The van der Waals surface area contributed by atoms with E-state index in [1.807, 2.05) is 41.8 Å². The molecule has 0 aliphatic rings. The third-order valence-electron chi connectivity index (χ3n) is 3.93. The highest BCUT2D eigenvalue weighted by molar-refractivity contribution is 7.11. The Morgan fingerprint density at radius 2 is 2.00 bits per heavy atom. The lowest BCUT2D eigenvalue weighted by Gasteiger charge is -2.03. The van der Waals surface area contributed by atoms with Crippen LogP contribution in [0.3, 0.4) is 0 Å². The number of rotatable bonds is 4. The minimum absolute atomic E-state index is 0.382. The first-order valence-corrected chi connectivity index (χ1v) is 9.03. The second-order valence-electron chi connectivity index (χ2n) is 5.73. The van der Waals surface area contributed by atoms with E-state index in [4.69, 9.17) is 4.42 Å². The van der Waals surface area contributed by atoms with Gasteiger partial charge in [0.2, 0.25) is 0 Å². The van der Waals surface area contributed by atoms with Crippen LogP contribution in [-0.2, 0) is 0 Å². The van der Waals surface area contributed by atoms with Crippen LogP contribution in [0.5, 0.6) is 0 Å².